The number of para-hydroxylation sites is 3. The van der Waals surface area contributed by atoms with Crippen LogP contribution in [-0.2, 0) is 0 Å². The first-order valence-corrected chi connectivity index (χ1v) is 21.0. The largest absolute Gasteiger partial charge is 0.307 e. The molecule has 0 saturated heterocycles. The molecule has 0 atom stereocenters. The van der Waals surface area contributed by atoms with E-state index in [-0.39, 0.29) is 0 Å². The highest BCUT2D eigenvalue weighted by Gasteiger charge is 2.25. The van der Waals surface area contributed by atoms with Crippen LogP contribution in [0.2, 0.25) is 0 Å². The number of nitrogens with zero attached hydrogens (tertiary/aromatic N) is 5. The van der Waals surface area contributed by atoms with E-state index in [2.05, 4.69) is 209 Å². The maximum atomic E-state index is 5.41. The summed E-state index contributed by atoms with van der Waals surface area (Å²) >= 11 is 0. The highest BCUT2D eigenvalue weighted by molar-refractivity contribution is 6.24. The molecule has 12 rings (SSSR count). The van der Waals surface area contributed by atoms with Gasteiger partial charge in [-0.1, -0.05) is 200 Å². The lowest BCUT2D eigenvalue weighted by molar-refractivity contribution is 0.953. The van der Waals surface area contributed by atoms with Gasteiger partial charge in [0.15, 0.2) is 11.6 Å². The molecule has 3 heterocycles. The Morgan fingerprint density at radius 1 is 0.274 bits per heavy atom. The Morgan fingerprint density at radius 2 is 0.742 bits per heavy atom. The zero-order chi connectivity index (χ0) is 41.0. The van der Waals surface area contributed by atoms with Gasteiger partial charge < -0.3 is 4.57 Å². The number of benzene rings is 9. The van der Waals surface area contributed by atoms with Crippen LogP contribution < -0.4 is 0 Å². The van der Waals surface area contributed by atoms with Crippen molar-refractivity contribution in [2.45, 2.75) is 0 Å². The van der Waals surface area contributed by atoms with Crippen molar-refractivity contribution in [1.29, 1.82) is 0 Å². The normalized spacial score (nSPS) is 11.5. The molecule has 0 aliphatic heterocycles. The Labute approximate surface area is 358 Å². The molecular weight excluding hydrogens is 755 g/mol. The van der Waals surface area contributed by atoms with Crippen molar-refractivity contribution in [3.8, 4) is 67.8 Å². The average Bonchev–Trinajstić information content (AvgIpc) is 3.88. The van der Waals surface area contributed by atoms with E-state index in [0.29, 0.717) is 17.6 Å². The molecule has 3 aromatic heterocycles. The summed E-state index contributed by atoms with van der Waals surface area (Å²) in [4.78, 5) is 15.9. The first kappa shape index (κ1) is 35.5. The summed E-state index contributed by atoms with van der Waals surface area (Å²) < 4.78 is 4.73. The summed E-state index contributed by atoms with van der Waals surface area (Å²) in [6.45, 7) is 0. The van der Waals surface area contributed by atoms with Gasteiger partial charge in [-0.3, -0.25) is 4.57 Å². The van der Waals surface area contributed by atoms with E-state index in [4.69, 9.17) is 15.0 Å². The first-order valence-electron chi connectivity index (χ1n) is 21.0. The molecule has 5 heteroatoms. The van der Waals surface area contributed by atoms with Crippen molar-refractivity contribution in [3.63, 3.8) is 0 Å². The molecule has 62 heavy (non-hydrogen) atoms. The predicted molar refractivity (Wildman–Crippen MR) is 256 cm³/mol. The SMILES string of the molecule is c1ccc(-c2cccc(-c3nc(-c4ccccc4)nc(-n4c5ccccc5c5ccc6c7ccccc7n(-c7ccccc7-c7ccccc7-c7ccccc7)c6c54)n3)c2)cc1. The van der Waals surface area contributed by atoms with Gasteiger partial charge in [0.25, 0.3) is 0 Å². The number of aromatic nitrogens is 5. The second-order valence-corrected chi connectivity index (χ2v) is 15.6. The molecule has 0 radical (unpaired) electrons. The molecular formula is C57H37N5. The fraction of sp³-hybridized carbons (Fsp3) is 0. The molecule has 0 unspecified atom stereocenters. The smallest absolute Gasteiger partial charge is 0.238 e. The molecule has 0 bridgehead atoms. The van der Waals surface area contributed by atoms with E-state index in [1.807, 2.05) is 24.3 Å². The molecule has 290 valence electrons. The zero-order valence-electron chi connectivity index (χ0n) is 33.6. The van der Waals surface area contributed by atoms with Crippen molar-refractivity contribution in [2.75, 3.05) is 0 Å². The minimum absolute atomic E-state index is 0.553. The van der Waals surface area contributed by atoms with Crippen LogP contribution in [0.4, 0.5) is 0 Å². The minimum atomic E-state index is 0.553. The van der Waals surface area contributed by atoms with Crippen LogP contribution >= 0.6 is 0 Å². The van der Waals surface area contributed by atoms with E-state index in [0.717, 1.165) is 71.7 Å². The minimum Gasteiger partial charge on any atom is -0.307 e. The predicted octanol–water partition coefficient (Wildman–Crippen LogP) is 14.4. The highest BCUT2D eigenvalue weighted by Crippen LogP contribution is 2.44. The summed E-state index contributed by atoms with van der Waals surface area (Å²) in [7, 11) is 0. The molecule has 9 aromatic carbocycles. The van der Waals surface area contributed by atoms with Crippen molar-refractivity contribution < 1.29 is 0 Å². The third kappa shape index (κ3) is 5.82. The number of fused-ring (bicyclic) bond motifs is 7. The van der Waals surface area contributed by atoms with Gasteiger partial charge in [-0.15, -0.1) is 0 Å². The second-order valence-electron chi connectivity index (χ2n) is 15.6. The summed E-state index contributed by atoms with van der Waals surface area (Å²) in [5.74, 6) is 1.77. The number of rotatable bonds is 7. The fourth-order valence-corrected chi connectivity index (χ4v) is 9.22. The average molecular weight is 792 g/mol. The Kier molecular flexibility index (Phi) is 8.42. The van der Waals surface area contributed by atoms with Crippen LogP contribution in [0.1, 0.15) is 0 Å². The van der Waals surface area contributed by atoms with E-state index in [1.165, 1.54) is 22.1 Å². The van der Waals surface area contributed by atoms with Gasteiger partial charge >= 0.3 is 0 Å². The Bertz CT molecular complexity index is 3620. The molecule has 0 N–H and O–H groups in total. The van der Waals surface area contributed by atoms with Crippen LogP contribution in [0.15, 0.2) is 224 Å². The van der Waals surface area contributed by atoms with Crippen molar-refractivity contribution >= 4 is 43.6 Å². The highest BCUT2D eigenvalue weighted by atomic mass is 15.2. The summed E-state index contributed by atoms with van der Waals surface area (Å²) in [6, 6.07) is 79.3. The zero-order valence-corrected chi connectivity index (χ0v) is 33.6. The molecule has 0 aliphatic carbocycles. The topological polar surface area (TPSA) is 48.5 Å². The van der Waals surface area contributed by atoms with Crippen LogP contribution in [0.3, 0.4) is 0 Å². The third-order valence-electron chi connectivity index (χ3n) is 12.0. The van der Waals surface area contributed by atoms with Gasteiger partial charge in [0.1, 0.15) is 0 Å². The lowest BCUT2D eigenvalue weighted by atomic mass is 9.93. The van der Waals surface area contributed by atoms with Crippen molar-refractivity contribution in [1.82, 2.24) is 24.1 Å². The summed E-state index contributed by atoms with van der Waals surface area (Å²) in [5.41, 5.74) is 14.1. The quantitative estimate of drug-likeness (QED) is 0.162. The van der Waals surface area contributed by atoms with E-state index in [1.54, 1.807) is 0 Å². The Hall–Kier alpha value is -8.41. The lowest BCUT2D eigenvalue weighted by Crippen LogP contribution is -2.07. The van der Waals surface area contributed by atoms with E-state index in [9.17, 15) is 0 Å². The maximum absolute atomic E-state index is 5.41. The first-order chi connectivity index (χ1) is 30.8. The maximum Gasteiger partial charge on any atom is 0.238 e. The standard InChI is InChI=1S/C57H37N5/c1-4-19-38(20-5-1)41-25-18-26-42(37-41)56-58-55(40-23-8-3-9-24-40)59-57(60-56)62-52-34-17-14-31-47(52)49-36-35-48-46-30-13-16-33-51(46)61(53(48)54(49)62)50-32-15-12-29-45(50)44-28-11-10-27-43(44)39-21-6-2-7-22-39/h1-37H. The van der Waals surface area contributed by atoms with Crippen molar-refractivity contribution in [2.24, 2.45) is 0 Å². The van der Waals surface area contributed by atoms with Gasteiger partial charge in [-0.25, -0.2) is 4.98 Å². The monoisotopic (exact) mass is 791 g/mol. The second kappa shape index (κ2) is 14.7. The Morgan fingerprint density at radius 3 is 1.42 bits per heavy atom. The Balaban J connectivity index is 1.19. The fourth-order valence-electron chi connectivity index (χ4n) is 9.22. The van der Waals surface area contributed by atoms with Crippen LogP contribution in [0.5, 0.6) is 0 Å². The number of hydrogen-bond acceptors (Lipinski definition) is 3. The van der Waals surface area contributed by atoms with E-state index < -0.39 is 0 Å². The van der Waals surface area contributed by atoms with E-state index >= 15 is 0 Å². The molecule has 12 aromatic rings. The molecule has 0 saturated carbocycles. The van der Waals surface area contributed by atoms with Gasteiger partial charge in [-0.05, 0) is 52.1 Å². The molecule has 0 amide bonds. The molecule has 0 spiro atoms. The van der Waals surface area contributed by atoms with Crippen molar-refractivity contribution in [3.05, 3.63) is 224 Å². The lowest BCUT2D eigenvalue weighted by Gasteiger charge is -2.18. The molecule has 0 aliphatic rings. The van der Waals surface area contributed by atoms with Crippen LogP contribution in [-0.4, -0.2) is 24.1 Å². The summed E-state index contributed by atoms with van der Waals surface area (Å²) in [5, 5.41) is 4.56. The van der Waals surface area contributed by atoms with Crippen LogP contribution in [0.25, 0.3) is 111 Å². The van der Waals surface area contributed by atoms with Gasteiger partial charge in [0.05, 0.1) is 27.8 Å². The number of hydrogen-bond donors (Lipinski definition) is 0. The van der Waals surface area contributed by atoms with Gasteiger partial charge in [-0.2, -0.15) is 9.97 Å². The van der Waals surface area contributed by atoms with Crippen LogP contribution in [0, 0.1) is 0 Å². The van der Waals surface area contributed by atoms with Gasteiger partial charge in [0, 0.05) is 38.2 Å². The summed E-state index contributed by atoms with van der Waals surface area (Å²) in [6.07, 6.45) is 0. The molecule has 0 fully saturated rings. The van der Waals surface area contributed by atoms with Gasteiger partial charge in [0.2, 0.25) is 5.95 Å². The third-order valence-corrected chi connectivity index (χ3v) is 12.0. The molecule has 5 nitrogen and oxygen atoms in total.